The lowest BCUT2D eigenvalue weighted by Gasteiger charge is -2.31. The number of carbonyl (C=O) groups excluding carboxylic acids is 1. The molecule has 160 valence electrons. The highest BCUT2D eigenvalue weighted by Crippen LogP contribution is 2.69. The molecule has 0 spiro atoms. The molecule has 0 N–H and O–H groups in total. The zero-order valence-corrected chi connectivity index (χ0v) is 20.8. The number of thioether (sulfide) groups is 2. The van der Waals surface area contributed by atoms with Gasteiger partial charge < -0.3 is 4.74 Å². The molecule has 29 heavy (non-hydrogen) atoms. The Bertz CT molecular complexity index is 836. The van der Waals surface area contributed by atoms with Crippen LogP contribution < -0.4 is 0 Å². The molecule has 1 aliphatic carbocycles. The molecule has 1 heterocycles. The van der Waals surface area contributed by atoms with Gasteiger partial charge in [-0.3, -0.25) is 4.99 Å². The Balaban J connectivity index is 2.03. The average molecular weight is 526 g/mol. The summed E-state index contributed by atoms with van der Waals surface area (Å²) in [4.78, 5) is 17.2. The molecule has 10 heteroatoms. The molecule has 1 amide bonds. The molecule has 1 aliphatic heterocycles. The van der Waals surface area contributed by atoms with Gasteiger partial charge in [0.25, 0.3) is 0 Å². The molecule has 1 fully saturated rings. The highest BCUT2D eigenvalue weighted by molar-refractivity contribution is 9.10. The number of rotatable bonds is 4. The first kappa shape index (κ1) is 23.2. The summed E-state index contributed by atoms with van der Waals surface area (Å²) in [6.45, 7) is 7.26. The molecule has 1 saturated carbocycles. The van der Waals surface area contributed by atoms with Gasteiger partial charge in [-0.15, -0.1) is 3.89 Å². The van der Waals surface area contributed by atoms with Crippen molar-refractivity contribution in [1.29, 1.82) is 0 Å². The van der Waals surface area contributed by atoms with E-state index in [9.17, 15) is 13.1 Å². The van der Waals surface area contributed by atoms with Gasteiger partial charge in [-0.1, -0.05) is 34.6 Å². The molecule has 1 aromatic carbocycles. The van der Waals surface area contributed by atoms with Crippen molar-refractivity contribution in [3.63, 3.8) is 0 Å². The minimum Gasteiger partial charge on any atom is -0.443 e. The van der Waals surface area contributed by atoms with Crippen LogP contribution in [-0.2, 0) is 4.74 Å². The molecule has 3 rings (SSSR count). The van der Waals surface area contributed by atoms with E-state index in [1.807, 2.05) is 6.26 Å². The number of ether oxygens (including phenoxy) is 1. The van der Waals surface area contributed by atoms with Crippen LogP contribution >= 0.6 is 51.8 Å². The number of amides is 1. The quantitative estimate of drug-likeness (QED) is 0.402. The summed E-state index contributed by atoms with van der Waals surface area (Å²) >= 11 is 6.24. The molecule has 0 aromatic heterocycles. The smallest absolute Gasteiger partial charge is 0.428 e. The van der Waals surface area contributed by atoms with Crippen molar-refractivity contribution in [2.24, 2.45) is 16.8 Å². The van der Waals surface area contributed by atoms with Gasteiger partial charge >= 0.3 is 6.09 Å². The number of carbonyl (C=O) groups is 1. The minimum atomic E-state index is -0.823. The van der Waals surface area contributed by atoms with Crippen LogP contribution in [0, 0.1) is 17.7 Å². The first-order valence-corrected chi connectivity index (χ1v) is 12.7. The molecule has 0 radical (unpaired) electrons. The summed E-state index contributed by atoms with van der Waals surface area (Å²) in [5.41, 5.74) is -0.322. The first-order valence-electron chi connectivity index (χ1n) is 9.06. The number of fused-ring (bicyclic) bond motifs is 1. The van der Waals surface area contributed by atoms with Crippen LogP contribution in [0.2, 0.25) is 0 Å². The summed E-state index contributed by atoms with van der Waals surface area (Å²) in [5.74, 6) is 0.794. The van der Waals surface area contributed by atoms with Crippen LogP contribution in [0.4, 0.5) is 13.1 Å². The van der Waals surface area contributed by atoms with E-state index in [-0.39, 0.29) is 39.9 Å². The van der Waals surface area contributed by atoms with Crippen molar-refractivity contribution in [3.8, 4) is 0 Å². The maximum Gasteiger partial charge on any atom is 0.428 e. The molecular weight excluding hydrogens is 502 g/mol. The molecule has 0 saturated heterocycles. The maximum atomic E-state index is 14.7. The van der Waals surface area contributed by atoms with E-state index in [0.29, 0.717) is 5.56 Å². The number of hydrogen-bond acceptors (Lipinski definition) is 6. The second kappa shape index (κ2) is 8.59. The topological polar surface area (TPSA) is 41.9 Å². The van der Waals surface area contributed by atoms with Crippen molar-refractivity contribution in [1.82, 2.24) is 4.31 Å². The van der Waals surface area contributed by atoms with Gasteiger partial charge in [-0.25, -0.2) is 9.18 Å². The summed E-state index contributed by atoms with van der Waals surface area (Å²) in [6.07, 6.45) is 1.18. The van der Waals surface area contributed by atoms with Crippen LogP contribution in [0.15, 0.2) is 27.7 Å². The Morgan fingerprint density at radius 3 is 2.72 bits per heavy atom. The zero-order chi connectivity index (χ0) is 21.6. The predicted octanol–water partition coefficient (Wildman–Crippen LogP) is 6.87. The Hall–Kier alpha value is -0.450. The van der Waals surface area contributed by atoms with Gasteiger partial charge in [0, 0.05) is 26.5 Å². The van der Waals surface area contributed by atoms with E-state index in [1.54, 1.807) is 44.7 Å². The number of nitrogens with zero attached hydrogens (tertiary/aromatic N) is 2. The van der Waals surface area contributed by atoms with Crippen LogP contribution in [0.3, 0.4) is 0 Å². The number of benzene rings is 1. The maximum absolute atomic E-state index is 14.7. The van der Waals surface area contributed by atoms with Crippen molar-refractivity contribution in [3.05, 3.63) is 34.1 Å². The van der Waals surface area contributed by atoms with E-state index in [0.717, 1.165) is 14.5 Å². The summed E-state index contributed by atoms with van der Waals surface area (Å²) in [5, 5.41) is 0.214. The van der Waals surface area contributed by atoms with Crippen molar-refractivity contribution in [2.75, 3.05) is 12.0 Å². The van der Waals surface area contributed by atoms with E-state index >= 15 is 0 Å². The second-order valence-corrected chi connectivity index (χ2v) is 11.8. The van der Waals surface area contributed by atoms with E-state index in [4.69, 9.17) is 4.74 Å². The number of amidine groups is 1. The fourth-order valence-electron chi connectivity index (χ4n) is 3.75. The molecular formula is C19H23BrF2N2O2S3. The standard InChI is InChI=1S/C19H23BrF2N2O2S3/c1-10-14-15(12-8-11(20)6-7-13(12)21)23-16(28-19(10,14)9-27-5)24(29-22)17(25)26-18(2,3)4/h6-8,10,14-15H,9H2,1-5H3/t10?,14?,15?,19-/m0/s1. The predicted molar refractivity (Wildman–Crippen MR) is 122 cm³/mol. The highest BCUT2D eigenvalue weighted by Gasteiger charge is 2.68. The van der Waals surface area contributed by atoms with Crippen LogP contribution in [0.5, 0.6) is 0 Å². The van der Waals surface area contributed by atoms with Gasteiger partial charge in [0.15, 0.2) is 17.5 Å². The lowest BCUT2D eigenvalue weighted by Crippen LogP contribution is -2.38. The van der Waals surface area contributed by atoms with Gasteiger partial charge in [0.05, 0.1) is 6.04 Å². The summed E-state index contributed by atoms with van der Waals surface area (Å²) < 4.78 is 35.2. The Labute approximate surface area is 191 Å². The lowest BCUT2D eigenvalue weighted by atomic mass is 10.00. The minimum absolute atomic E-state index is 0.109. The lowest BCUT2D eigenvalue weighted by molar-refractivity contribution is 0.0473. The second-order valence-electron chi connectivity index (χ2n) is 8.17. The van der Waals surface area contributed by atoms with E-state index in [1.165, 1.54) is 17.8 Å². The van der Waals surface area contributed by atoms with Crippen LogP contribution in [0.25, 0.3) is 0 Å². The fraction of sp³-hybridized carbons (Fsp3) is 0.579. The monoisotopic (exact) mass is 524 g/mol. The molecule has 0 bridgehead atoms. The SMILES string of the molecule is CSC[C@@]12SC(N(SF)C(=O)OC(C)(C)C)=NC(c3cc(Br)ccc3F)C1C2C. The van der Waals surface area contributed by atoms with Gasteiger partial charge in [0.2, 0.25) is 0 Å². The number of hydrogen-bond donors (Lipinski definition) is 0. The largest absolute Gasteiger partial charge is 0.443 e. The van der Waals surface area contributed by atoms with Crippen LogP contribution in [0.1, 0.15) is 39.3 Å². The summed E-state index contributed by atoms with van der Waals surface area (Å²) in [6, 6.07) is 4.25. The Morgan fingerprint density at radius 1 is 1.45 bits per heavy atom. The van der Waals surface area contributed by atoms with Crippen molar-refractivity contribution in [2.45, 2.75) is 44.1 Å². The third kappa shape index (κ3) is 4.60. The third-order valence-electron chi connectivity index (χ3n) is 5.08. The highest BCUT2D eigenvalue weighted by atomic mass is 79.9. The van der Waals surface area contributed by atoms with Crippen LogP contribution in [-0.4, -0.2) is 37.9 Å². The molecule has 4 atom stereocenters. The fourth-order valence-corrected chi connectivity index (χ4v) is 7.42. The van der Waals surface area contributed by atoms with Crippen molar-refractivity contribution < 1.29 is 17.8 Å². The Kier molecular flexibility index (Phi) is 6.88. The first-order chi connectivity index (χ1) is 13.5. The molecule has 2 aliphatic rings. The zero-order valence-electron chi connectivity index (χ0n) is 16.7. The molecule has 4 nitrogen and oxygen atoms in total. The van der Waals surface area contributed by atoms with Gasteiger partial charge in [-0.05, 0) is 51.1 Å². The van der Waals surface area contributed by atoms with E-state index < -0.39 is 17.7 Å². The van der Waals surface area contributed by atoms with Gasteiger partial charge in [-0.2, -0.15) is 16.1 Å². The average Bonchev–Trinajstić information content (AvgIpc) is 3.19. The van der Waals surface area contributed by atoms with E-state index in [2.05, 4.69) is 27.8 Å². The normalized spacial score (nSPS) is 28.4. The number of aliphatic imine (C=N–C) groups is 1. The molecule has 1 aromatic rings. The van der Waals surface area contributed by atoms with Gasteiger partial charge in [0.1, 0.15) is 11.4 Å². The van der Waals surface area contributed by atoms with Crippen molar-refractivity contribution >= 4 is 63.0 Å². The third-order valence-corrected chi connectivity index (χ3v) is 8.74. The number of halogens is 3. The Morgan fingerprint density at radius 2 is 2.14 bits per heavy atom. The summed E-state index contributed by atoms with van der Waals surface area (Å²) in [7, 11) is 0. The molecule has 3 unspecified atom stereocenters.